The summed E-state index contributed by atoms with van der Waals surface area (Å²) >= 11 is 1.18. The van der Waals surface area contributed by atoms with Crippen LogP contribution in [0.2, 0.25) is 0 Å². The number of carbonyl (C=O) groups is 2. The van der Waals surface area contributed by atoms with E-state index in [-0.39, 0.29) is 16.7 Å². The summed E-state index contributed by atoms with van der Waals surface area (Å²) in [4.78, 5) is 38.1. The summed E-state index contributed by atoms with van der Waals surface area (Å²) in [5.74, 6) is -0.0122. The number of nitrogens with one attached hydrogen (secondary N) is 1. The van der Waals surface area contributed by atoms with Gasteiger partial charge in [0.2, 0.25) is 5.91 Å². The van der Waals surface area contributed by atoms with Gasteiger partial charge in [-0.15, -0.1) is 0 Å². The molecule has 144 valence electrons. The van der Waals surface area contributed by atoms with E-state index in [4.69, 9.17) is 0 Å². The Morgan fingerprint density at radius 2 is 1.93 bits per heavy atom. The normalized spacial score (nSPS) is 14.0. The average Bonchev–Trinajstić information content (AvgIpc) is 3.23. The molecule has 0 saturated carbocycles. The summed E-state index contributed by atoms with van der Waals surface area (Å²) in [6.45, 7) is 3.95. The first-order valence-corrected chi connectivity index (χ1v) is 10.2. The van der Waals surface area contributed by atoms with Crippen LogP contribution in [-0.2, 0) is 17.9 Å². The fourth-order valence-corrected chi connectivity index (χ4v) is 4.49. The lowest BCUT2D eigenvalue weighted by Gasteiger charge is -2.15. The molecule has 1 fully saturated rings. The number of rotatable bonds is 5. The van der Waals surface area contributed by atoms with Crippen molar-refractivity contribution in [3.05, 3.63) is 63.3 Å². The highest BCUT2D eigenvalue weighted by Gasteiger charge is 2.20. The number of amides is 2. The zero-order valence-electron chi connectivity index (χ0n) is 15.6. The van der Waals surface area contributed by atoms with Crippen LogP contribution in [0.25, 0.3) is 10.2 Å². The summed E-state index contributed by atoms with van der Waals surface area (Å²) in [6, 6.07) is 12.8. The van der Waals surface area contributed by atoms with E-state index in [1.54, 1.807) is 16.7 Å². The van der Waals surface area contributed by atoms with Crippen LogP contribution in [0.4, 0.5) is 5.69 Å². The summed E-state index contributed by atoms with van der Waals surface area (Å²) in [5, 5.41) is 2.89. The number of nitrogens with zero attached hydrogens (tertiary/aromatic N) is 2. The van der Waals surface area contributed by atoms with Crippen molar-refractivity contribution in [3.63, 3.8) is 0 Å². The number of hydrogen-bond donors (Lipinski definition) is 1. The first kappa shape index (κ1) is 18.4. The lowest BCUT2D eigenvalue weighted by atomic mass is 10.1. The fraction of sp³-hybridized carbons (Fsp3) is 0.286. The molecule has 1 aliphatic heterocycles. The molecule has 0 radical (unpaired) electrons. The molecule has 6 nitrogen and oxygen atoms in total. The third-order valence-electron chi connectivity index (χ3n) is 5.00. The molecule has 2 heterocycles. The van der Waals surface area contributed by atoms with E-state index in [0.717, 1.165) is 28.7 Å². The molecule has 4 rings (SSSR count). The molecule has 0 bridgehead atoms. The van der Waals surface area contributed by atoms with Crippen molar-refractivity contribution in [3.8, 4) is 0 Å². The van der Waals surface area contributed by atoms with Crippen LogP contribution in [0.1, 0.15) is 35.7 Å². The number of anilines is 1. The van der Waals surface area contributed by atoms with E-state index >= 15 is 0 Å². The highest BCUT2D eigenvalue weighted by Crippen LogP contribution is 2.22. The van der Waals surface area contributed by atoms with Gasteiger partial charge in [-0.1, -0.05) is 23.5 Å². The molecule has 0 aliphatic carbocycles. The standard InChI is InChI=1S/C21H21N3O3S/c1-2-24-17-10-9-16(12-18(17)28-21(24)27)22-20(26)15-7-5-14(6-8-15)13-23-11-3-4-19(23)25/h5-10,12H,2-4,11,13H2,1H3,(H,22,26). The number of likely N-dealkylation sites (tertiary alicyclic amines) is 1. The summed E-state index contributed by atoms with van der Waals surface area (Å²) < 4.78 is 2.57. The monoisotopic (exact) mass is 395 g/mol. The first-order chi connectivity index (χ1) is 13.5. The van der Waals surface area contributed by atoms with Crippen molar-refractivity contribution in [2.75, 3.05) is 11.9 Å². The van der Waals surface area contributed by atoms with Crippen molar-refractivity contribution in [2.45, 2.75) is 32.9 Å². The Morgan fingerprint density at radius 1 is 1.14 bits per heavy atom. The zero-order chi connectivity index (χ0) is 19.7. The highest BCUT2D eigenvalue weighted by molar-refractivity contribution is 7.16. The van der Waals surface area contributed by atoms with Gasteiger partial charge in [0.15, 0.2) is 0 Å². The van der Waals surface area contributed by atoms with Crippen molar-refractivity contribution < 1.29 is 9.59 Å². The zero-order valence-corrected chi connectivity index (χ0v) is 16.4. The molecule has 0 unspecified atom stereocenters. The number of carbonyl (C=O) groups excluding carboxylic acids is 2. The Hall–Kier alpha value is -2.93. The van der Waals surface area contributed by atoms with Gasteiger partial charge in [-0.3, -0.25) is 19.0 Å². The van der Waals surface area contributed by atoms with E-state index in [2.05, 4.69) is 5.32 Å². The molecule has 0 atom stereocenters. The predicted octanol–water partition coefficient (Wildman–Crippen LogP) is 3.46. The second-order valence-corrected chi connectivity index (χ2v) is 7.86. The second kappa shape index (κ2) is 7.59. The largest absolute Gasteiger partial charge is 0.338 e. The maximum absolute atomic E-state index is 12.5. The quantitative estimate of drug-likeness (QED) is 0.719. The van der Waals surface area contributed by atoms with Gasteiger partial charge in [-0.05, 0) is 49.2 Å². The van der Waals surface area contributed by atoms with Gasteiger partial charge in [0.25, 0.3) is 5.91 Å². The second-order valence-electron chi connectivity index (χ2n) is 6.86. The minimum atomic E-state index is -0.203. The molecule has 28 heavy (non-hydrogen) atoms. The van der Waals surface area contributed by atoms with Gasteiger partial charge >= 0.3 is 4.87 Å². The predicted molar refractivity (Wildman–Crippen MR) is 111 cm³/mol. The number of thiazole rings is 1. The molecule has 2 aromatic carbocycles. The third kappa shape index (κ3) is 3.57. The van der Waals surface area contributed by atoms with Crippen molar-refractivity contribution in [2.24, 2.45) is 0 Å². The molecule has 1 aromatic heterocycles. The number of aromatic nitrogens is 1. The highest BCUT2D eigenvalue weighted by atomic mass is 32.1. The average molecular weight is 395 g/mol. The molecule has 7 heteroatoms. The Kier molecular flexibility index (Phi) is 5.00. The maximum atomic E-state index is 12.5. The maximum Gasteiger partial charge on any atom is 0.308 e. The smallest absolute Gasteiger partial charge is 0.308 e. The summed E-state index contributed by atoms with van der Waals surface area (Å²) in [7, 11) is 0. The van der Waals surface area contributed by atoms with Crippen LogP contribution in [0.3, 0.4) is 0 Å². The molecular weight excluding hydrogens is 374 g/mol. The van der Waals surface area contributed by atoms with Crippen LogP contribution >= 0.6 is 11.3 Å². The van der Waals surface area contributed by atoms with E-state index in [1.807, 2.05) is 42.2 Å². The Balaban J connectivity index is 1.46. The lowest BCUT2D eigenvalue weighted by Crippen LogP contribution is -2.23. The molecule has 1 N–H and O–H groups in total. The van der Waals surface area contributed by atoms with Gasteiger partial charge in [0.05, 0.1) is 10.2 Å². The Labute approximate surface area is 166 Å². The van der Waals surface area contributed by atoms with E-state index in [1.165, 1.54) is 11.3 Å². The number of hydrogen-bond acceptors (Lipinski definition) is 4. The van der Waals surface area contributed by atoms with E-state index in [0.29, 0.717) is 30.8 Å². The number of benzene rings is 2. The van der Waals surface area contributed by atoms with Crippen LogP contribution < -0.4 is 10.2 Å². The van der Waals surface area contributed by atoms with Crippen LogP contribution in [-0.4, -0.2) is 27.8 Å². The molecule has 1 saturated heterocycles. The minimum absolute atomic E-state index is 0.00745. The van der Waals surface area contributed by atoms with Crippen LogP contribution in [0, 0.1) is 0 Å². The van der Waals surface area contributed by atoms with Crippen molar-refractivity contribution in [1.82, 2.24) is 9.47 Å². The summed E-state index contributed by atoms with van der Waals surface area (Å²) in [5.41, 5.74) is 3.11. The van der Waals surface area contributed by atoms with Gasteiger partial charge in [-0.25, -0.2) is 0 Å². The molecule has 2 amide bonds. The van der Waals surface area contributed by atoms with Gasteiger partial charge in [0, 0.05) is 37.3 Å². The lowest BCUT2D eigenvalue weighted by molar-refractivity contribution is -0.128. The van der Waals surface area contributed by atoms with Gasteiger partial charge in [-0.2, -0.15) is 0 Å². The molecule has 0 spiro atoms. The summed E-state index contributed by atoms with van der Waals surface area (Å²) in [6.07, 6.45) is 1.54. The topological polar surface area (TPSA) is 71.4 Å². The third-order valence-corrected chi connectivity index (χ3v) is 5.95. The fourth-order valence-electron chi connectivity index (χ4n) is 3.50. The van der Waals surface area contributed by atoms with Gasteiger partial charge in [0.1, 0.15) is 0 Å². The number of aryl methyl sites for hydroxylation is 1. The Bertz CT molecular complexity index is 1100. The molecule has 3 aromatic rings. The van der Waals surface area contributed by atoms with E-state index < -0.39 is 0 Å². The SMILES string of the molecule is CCn1c(=O)sc2cc(NC(=O)c3ccc(CN4CCCC4=O)cc3)ccc21. The molecular formula is C21H21N3O3S. The van der Waals surface area contributed by atoms with Crippen LogP contribution in [0.5, 0.6) is 0 Å². The minimum Gasteiger partial charge on any atom is -0.338 e. The van der Waals surface area contributed by atoms with Crippen molar-refractivity contribution in [1.29, 1.82) is 0 Å². The van der Waals surface area contributed by atoms with Gasteiger partial charge < -0.3 is 10.2 Å². The van der Waals surface area contributed by atoms with Crippen molar-refractivity contribution >= 4 is 39.1 Å². The number of fused-ring (bicyclic) bond motifs is 1. The first-order valence-electron chi connectivity index (χ1n) is 9.36. The Morgan fingerprint density at radius 3 is 2.61 bits per heavy atom. The van der Waals surface area contributed by atoms with Crippen LogP contribution in [0.15, 0.2) is 47.3 Å². The molecule has 1 aliphatic rings. The van der Waals surface area contributed by atoms with E-state index in [9.17, 15) is 14.4 Å².